The molecule has 12 heteroatoms. The van der Waals surface area contributed by atoms with Gasteiger partial charge in [0.25, 0.3) is 15.6 Å². The standard InChI is InChI=1S/C30H27Cl3N2O7/c31-30(32,33)29(34)42-28-23(35-26(37)20-13-7-8-14-21(20)27(35)38)25(40-16-19-11-5-2-6-12-19)24(36)22(41-28)17-39-15-18-9-3-1-4-10-18/h1-14,22-25,28,34,36H,15-17H2/t22-,23-,24-,25-,28+/m1/s1. The second-order valence-corrected chi connectivity index (χ2v) is 12.0. The van der Waals surface area contributed by atoms with Crippen LogP contribution >= 0.6 is 34.8 Å². The molecule has 0 spiro atoms. The van der Waals surface area contributed by atoms with E-state index >= 15 is 0 Å². The third-order valence-electron chi connectivity index (χ3n) is 6.94. The number of hydrogen-bond donors (Lipinski definition) is 2. The summed E-state index contributed by atoms with van der Waals surface area (Å²) >= 11 is 17.7. The summed E-state index contributed by atoms with van der Waals surface area (Å²) in [5.74, 6) is -2.09. The molecule has 2 aliphatic heterocycles. The van der Waals surface area contributed by atoms with Gasteiger partial charge in [0, 0.05) is 0 Å². The van der Waals surface area contributed by atoms with E-state index in [0.717, 1.165) is 16.0 Å². The molecule has 3 aromatic rings. The minimum absolute atomic E-state index is 0.0223. The molecule has 1 fully saturated rings. The summed E-state index contributed by atoms with van der Waals surface area (Å²) in [4.78, 5) is 28.1. The number of rotatable bonds is 9. The minimum atomic E-state index is -2.27. The minimum Gasteiger partial charge on any atom is -0.446 e. The summed E-state index contributed by atoms with van der Waals surface area (Å²) < 4.78 is 21.5. The molecular formula is C30H27Cl3N2O7. The molecule has 3 aromatic carbocycles. The number of ether oxygens (including phenoxy) is 4. The maximum absolute atomic E-state index is 13.6. The number of fused-ring (bicyclic) bond motifs is 1. The van der Waals surface area contributed by atoms with Crippen LogP contribution in [0.5, 0.6) is 0 Å². The van der Waals surface area contributed by atoms with Crippen molar-refractivity contribution >= 4 is 52.5 Å². The van der Waals surface area contributed by atoms with E-state index in [1.807, 2.05) is 60.7 Å². The molecule has 0 saturated carbocycles. The predicted molar refractivity (Wildman–Crippen MR) is 156 cm³/mol. The van der Waals surface area contributed by atoms with Crippen molar-refractivity contribution in [2.24, 2.45) is 0 Å². The number of amides is 2. The Morgan fingerprint density at radius 1 is 0.857 bits per heavy atom. The van der Waals surface area contributed by atoms with Crippen LogP contribution in [0, 0.1) is 5.41 Å². The summed E-state index contributed by atoms with van der Waals surface area (Å²) in [6, 6.07) is 23.5. The Balaban J connectivity index is 1.48. The molecule has 1 saturated heterocycles. The fourth-order valence-electron chi connectivity index (χ4n) is 4.90. The third kappa shape index (κ3) is 6.63. The Morgan fingerprint density at radius 2 is 1.38 bits per heavy atom. The maximum atomic E-state index is 13.6. The summed E-state index contributed by atoms with van der Waals surface area (Å²) in [6.07, 6.45) is -5.24. The van der Waals surface area contributed by atoms with Crippen LogP contribution in [-0.2, 0) is 32.2 Å². The van der Waals surface area contributed by atoms with E-state index in [1.54, 1.807) is 12.1 Å². The van der Waals surface area contributed by atoms with Gasteiger partial charge < -0.3 is 24.1 Å². The molecule has 0 aliphatic carbocycles. The fraction of sp³-hybridized carbons (Fsp3) is 0.300. The number of nitrogens with one attached hydrogen (secondary N) is 1. The first-order valence-corrected chi connectivity index (χ1v) is 14.2. The quantitative estimate of drug-likeness (QED) is 0.149. The molecular weight excluding hydrogens is 607 g/mol. The van der Waals surface area contributed by atoms with E-state index in [2.05, 4.69) is 0 Å². The van der Waals surface area contributed by atoms with Crippen molar-refractivity contribution in [1.29, 1.82) is 5.41 Å². The average molecular weight is 634 g/mol. The van der Waals surface area contributed by atoms with E-state index in [0.29, 0.717) is 0 Å². The molecule has 5 rings (SSSR count). The van der Waals surface area contributed by atoms with Crippen molar-refractivity contribution in [3.63, 3.8) is 0 Å². The van der Waals surface area contributed by atoms with Crippen molar-refractivity contribution < 1.29 is 33.6 Å². The lowest BCUT2D eigenvalue weighted by atomic mass is 9.95. The summed E-state index contributed by atoms with van der Waals surface area (Å²) in [5, 5.41) is 19.8. The molecule has 0 unspecified atom stereocenters. The van der Waals surface area contributed by atoms with E-state index in [9.17, 15) is 14.7 Å². The number of carbonyl (C=O) groups excluding carboxylic acids is 2. The highest BCUT2D eigenvalue weighted by Crippen LogP contribution is 2.36. The van der Waals surface area contributed by atoms with Gasteiger partial charge in [-0.3, -0.25) is 19.9 Å². The molecule has 0 aromatic heterocycles. The average Bonchev–Trinajstić information content (AvgIpc) is 3.23. The van der Waals surface area contributed by atoms with Crippen molar-refractivity contribution in [2.75, 3.05) is 6.61 Å². The van der Waals surface area contributed by atoms with Gasteiger partial charge >= 0.3 is 0 Å². The van der Waals surface area contributed by atoms with Crippen LogP contribution < -0.4 is 0 Å². The monoisotopic (exact) mass is 632 g/mol. The lowest BCUT2D eigenvalue weighted by molar-refractivity contribution is -0.271. The molecule has 2 aliphatic rings. The molecule has 42 heavy (non-hydrogen) atoms. The highest BCUT2D eigenvalue weighted by atomic mass is 35.6. The van der Waals surface area contributed by atoms with Crippen molar-refractivity contribution in [3.8, 4) is 0 Å². The lowest BCUT2D eigenvalue weighted by Gasteiger charge is -2.46. The molecule has 5 atom stereocenters. The summed E-state index contributed by atoms with van der Waals surface area (Å²) in [5.41, 5.74) is 2.01. The van der Waals surface area contributed by atoms with Crippen LogP contribution in [0.15, 0.2) is 84.9 Å². The van der Waals surface area contributed by atoms with Crippen LogP contribution in [-0.4, -0.2) is 68.8 Å². The molecule has 2 N–H and O–H groups in total. The summed E-state index contributed by atoms with van der Waals surface area (Å²) in [7, 11) is 0. The zero-order valence-corrected chi connectivity index (χ0v) is 24.3. The molecule has 220 valence electrons. The van der Waals surface area contributed by atoms with Crippen LogP contribution in [0.4, 0.5) is 0 Å². The Labute approximate surface area is 257 Å². The number of halogens is 3. The van der Waals surface area contributed by atoms with Gasteiger partial charge in [-0.05, 0) is 23.3 Å². The number of imide groups is 1. The van der Waals surface area contributed by atoms with Gasteiger partial charge in [0.05, 0.1) is 30.9 Å². The Kier molecular flexibility index (Phi) is 9.49. The zero-order chi connectivity index (χ0) is 29.9. The molecule has 0 radical (unpaired) electrons. The highest BCUT2D eigenvalue weighted by molar-refractivity contribution is 6.76. The first kappa shape index (κ1) is 30.4. The van der Waals surface area contributed by atoms with Crippen molar-refractivity contribution in [2.45, 2.75) is 47.7 Å². The normalized spacial score (nSPS) is 24.0. The van der Waals surface area contributed by atoms with Gasteiger partial charge in [-0.1, -0.05) is 108 Å². The van der Waals surface area contributed by atoms with Crippen LogP contribution in [0.1, 0.15) is 31.8 Å². The Hall–Kier alpha value is -3.02. The number of alkyl halides is 3. The zero-order valence-electron chi connectivity index (χ0n) is 22.1. The van der Waals surface area contributed by atoms with E-state index in [1.165, 1.54) is 12.1 Å². The second kappa shape index (κ2) is 13.1. The topological polar surface area (TPSA) is 118 Å². The molecule has 2 amide bonds. The van der Waals surface area contributed by atoms with Crippen LogP contribution in [0.2, 0.25) is 0 Å². The third-order valence-corrected chi connectivity index (χ3v) is 7.45. The summed E-state index contributed by atoms with van der Waals surface area (Å²) in [6.45, 7) is 0.131. The first-order chi connectivity index (χ1) is 20.1. The van der Waals surface area contributed by atoms with Crippen LogP contribution in [0.25, 0.3) is 0 Å². The molecule has 0 bridgehead atoms. The van der Waals surface area contributed by atoms with Gasteiger partial charge in [-0.2, -0.15) is 0 Å². The number of carbonyl (C=O) groups is 2. The van der Waals surface area contributed by atoms with Crippen molar-refractivity contribution in [1.82, 2.24) is 4.90 Å². The number of nitrogens with zero attached hydrogens (tertiary/aromatic N) is 1. The number of aliphatic hydroxyl groups is 1. The Bertz CT molecular complexity index is 1390. The van der Waals surface area contributed by atoms with Gasteiger partial charge in [-0.25, -0.2) is 0 Å². The maximum Gasteiger partial charge on any atom is 0.265 e. The Morgan fingerprint density at radius 3 is 1.93 bits per heavy atom. The first-order valence-electron chi connectivity index (χ1n) is 13.0. The smallest absolute Gasteiger partial charge is 0.265 e. The van der Waals surface area contributed by atoms with E-state index in [4.69, 9.17) is 59.2 Å². The lowest BCUT2D eigenvalue weighted by Crippen LogP contribution is -2.67. The SMILES string of the molecule is N=C(O[C@@H]1O[C@H](COCc2ccccc2)[C@@H](O)[C@H](OCc2ccccc2)[C@H]1N1C(=O)c2ccccc2C1=O)C(Cl)(Cl)Cl. The van der Waals surface area contributed by atoms with Gasteiger partial charge in [0.15, 0.2) is 0 Å². The van der Waals surface area contributed by atoms with Gasteiger partial charge in [0.2, 0.25) is 12.2 Å². The van der Waals surface area contributed by atoms with E-state index in [-0.39, 0.29) is 30.9 Å². The fourth-order valence-corrected chi connectivity index (χ4v) is 5.03. The largest absolute Gasteiger partial charge is 0.446 e. The van der Waals surface area contributed by atoms with Gasteiger partial charge in [-0.15, -0.1) is 0 Å². The molecule has 9 nitrogen and oxygen atoms in total. The van der Waals surface area contributed by atoms with Crippen LogP contribution in [0.3, 0.4) is 0 Å². The molecule has 2 heterocycles. The highest BCUT2D eigenvalue weighted by Gasteiger charge is 2.55. The van der Waals surface area contributed by atoms with E-state index < -0.39 is 52.1 Å². The second-order valence-electron chi connectivity index (χ2n) is 9.76. The predicted octanol–water partition coefficient (Wildman–Crippen LogP) is 4.90. The van der Waals surface area contributed by atoms with Gasteiger partial charge in [0.1, 0.15) is 24.4 Å². The number of hydrogen-bond acceptors (Lipinski definition) is 8. The number of aliphatic hydroxyl groups excluding tert-OH is 1. The van der Waals surface area contributed by atoms with Crippen molar-refractivity contribution in [3.05, 3.63) is 107 Å². The number of benzene rings is 3.